The second-order valence-electron chi connectivity index (χ2n) is 6.18. The summed E-state index contributed by atoms with van der Waals surface area (Å²) >= 11 is 0. The first-order chi connectivity index (χ1) is 10.9. The summed E-state index contributed by atoms with van der Waals surface area (Å²) in [7, 11) is -3.13. The van der Waals surface area contributed by atoms with Gasteiger partial charge in [-0.3, -0.25) is 4.79 Å². The van der Waals surface area contributed by atoms with Crippen molar-refractivity contribution in [1.82, 2.24) is 9.62 Å². The normalized spacial score (nSPS) is 17.1. The monoisotopic (exact) mass is 338 g/mol. The summed E-state index contributed by atoms with van der Waals surface area (Å²) in [5, 5.41) is 3.01. The van der Waals surface area contributed by atoms with Crippen molar-refractivity contribution in [3.05, 3.63) is 35.4 Å². The van der Waals surface area contributed by atoms with Crippen LogP contribution in [-0.4, -0.2) is 43.5 Å². The van der Waals surface area contributed by atoms with Crippen LogP contribution in [0.3, 0.4) is 0 Å². The van der Waals surface area contributed by atoms with Crippen molar-refractivity contribution in [2.24, 2.45) is 0 Å². The van der Waals surface area contributed by atoms with Gasteiger partial charge in [-0.2, -0.15) is 0 Å². The molecule has 0 unspecified atom stereocenters. The van der Waals surface area contributed by atoms with Crippen LogP contribution in [0.15, 0.2) is 24.3 Å². The molecule has 1 aromatic rings. The van der Waals surface area contributed by atoms with Crippen molar-refractivity contribution in [1.29, 1.82) is 0 Å². The number of rotatable bonds is 6. The SMILES string of the molecule is CCCCS(=O)(=O)N1CCC(NC(=O)c2ccc(C)cc2)CC1. The number of unbranched alkanes of at least 4 members (excludes halogenated alkanes) is 1. The molecule has 0 saturated carbocycles. The zero-order chi connectivity index (χ0) is 16.9. The molecule has 1 aromatic carbocycles. The molecule has 0 aliphatic carbocycles. The molecule has 0 radical (unpaired) electrons. The molecule has 5 nitrogen and oxygen atoms in total. The number of nitrogens with zero attached hydrogens (tertiary/aromatic N) is 1. The van der Waals surface area contributed by atoms with Gasteiger partial charge in [0.15, 0.2) is 0 Å². The smallest absolute Gasteiger partial charge is 0.251 e. The molecule has 128 valence electrons. The number of carbonyl (C=O) groups is 1. The van der Waals surface area contributed by atoms with Crippen molar-refractivity contribution >= 4 is 15.9 Å². The Bertz CT molecular complexity index is 618. The Kier molecular flexibility index (Phi) is 6.18. The topological polar surface area (TPSA) is 66.5 Å². The van der Waals surface area contributed by atoms with Gasteiger partial charge in [0.2, 0.25) is 10.0 Å². The van der Waals surface area contributed by atoms with E-state index in [-0.39, 0.29) is 17.7 Å². The Balaban J connectivity index is 1.85. The molecule has 0 bridgehead atoms. The number of hydrogen-bond acceptors (Lipinski definition) is 3. The molecule has 0 spiro atoms. The molecule has 1 heterocycles. The Labute approximate surface area is 139 Å². The van der Waals surface area contributed by atoms with Crippen LogP contribution in [0.5, 0.6) is 0 Å². The minimum atomic E-state index is -3.13. The van der Waals surface area contributed by atoms with E-state index >= 15 is 0 Å². The van der Waals surface area contributed by atoms with Gasteiger partial charge in [-0.1, -0.05) is 31.0 Å². The van der Waals surface area contributed by atoms with Gasteiger partial charge in [0.1, 0.15) is 0 Å². The minimum absolute atomic E-state index is 0.0430. The van der Waals surface area contributed by atoms with Gasteiger partial charge in [-0.25, -0.2) is 12.7 Å². The predicted molar refractivity (Wildman–Crippen MR) is 91.9 cm³/mol. The first-order valence-electron chi connectivity index (χ1n) is 8.27. The van der Waals surface area contributed by atoms with E-state index < -0.39 is 10.0 Å². The maximum Gasteiger partial charge on any atom is 0.251 e. The summed E-state index contributed by atoms with van der Waals surface area (Å²) in [4.78, 5) is 12.2. The Morgan fingerprint density at radius 3 is 2.39 bits per heavy atom. The standard InChI is InChI=1S/C17H26N2O3S/c1-3-4-13-23(21,22)19-11-9-16(10-12-19)18-17(20)15-7-5-14(2)6-8-15/h5-8,16H,3-4,9-13H2,1-2H3,(H,18,20). The van der Waals surface area contributed by atoms with Crippen LogP contribution in [0.4, 0.5) is 0 Å². The van der Waals surface area contributed by atoms with Crippen LogP contribution < -0.4 is 5.32 Å². The van der Waals surface area contributed by atoms with E-state index in [4.69, 9.17) is 0 Å². The van der Waals surface area contributed by atoms with Crippen molar-refractivity contribution in [2.45, 2.75) is 45.6 Å². The maximum atomic E-state index is 12.2. The third kappa shape index (κ3) is 5.04. The molecule has 0 aromatic heterocycles. The Hall–Kier alpha value is -1.40. The average Bonchev–Trinajstić information content (AvgIpc) is 2.54. The number of benzene rings is 1. The molecule has 0 atom stereocenters. The van der Waals surface area contributed by atoms with E-state index in [2.05, 4.69) is 5.32 Å². The fraction of sp³-hybridized carbons (Fsp3) is 0.588. The highest BCUT2D eigenvalue weighted by molar-refractivity contribution is 7.89. The van der Waals surface area contributed by atoms with Gasteiger partial charge in [0, 0.05) is 24.7 Å². The Morgan fingerprint density at radius 2 is 1.83 bits per heavy atom. The first-order valence-corrected chi connectivity index (χ1v) is 9.88. The third-order valence-electron chi connectivity index (χ3n) is 4.25. The molecule has 6 heteroatoms. The van der Waals surface area contributed by atoms with Crippen molar-refractivity contribution in [3.8, 4) is 0 Å². The second-order valence-corrected chi connectivity index (χ2v) is 8.27. The first kappa shape index (κ1) is 17.9. The summed E-state index contributed by atoms with van der Waals surface area (Å²) < 4.78 is 25.9. The second kappa shape index (κ2) is 7.93. The van der Waals surface area contributed by atoms with Crippen LogP contribution in [0.25, 0.3) is 0 Å². The fourth-order valence-corrected chi connectivity index (χ4v) is 4.39. The zero-order valence-corrected chi connectivity index (χ0v) is 14.7. The van der Waals surface area contributed by atoms with Gasteiger partial charge in [0.05, 0.1) is 5.75 Å². The molecular formula is C17H26N2O3S. The van der Waals surface area contributed by atoms with Crippen LogP contribution in [0, 0.1) is 6.92 Å². The molecule has 1 aliphatic rings. The number of amides is 1. The molecule has 1 saturated heterocycles. The largest absolute Gasteiger partial charge is 0.349 e. The lowest BCUT2D eigenvalue weighted by atomic mass is 10.1. The number of sulfonamides is 1. The number of piperidine rings is 1. The lowest BCUT2D eigenvalue weighted by molar-refractivity contribution is 0.0924. The van der Waals surface area contributed by atoms with Gasteiger partial charge in [-0.05, 0) is 38.3 Å². The zero-order valence-electron chi connectivity index (χ0n) is 13.9. The molecule has 2 rings (SSSR count). The van der Waals surface area contributed by atoms with Crippen LogP contribution in [0.1, 0.15) is 48.5 Å². The maximum absolute atomic E-state index is 12.2. The van der Waals surface area contributed by atoms with Crippen molar-refractivity contribution in [2.75, 3.05) is 18.8 Å². The van der Waals surface area contributed by atoms with E-state index in [1.807, 2.05) is 38.1 Å². The van der Waals surface area contributed by atoms with Gasteiger partial charge >= 0.3 is 0 Å². The molecule has 23 heavy (non-hydrogen) atoms. The van der Waals surface area contributed by atoms with E-state index in [0.29, 0.717) is 37.9 Å². The fourth-order valence-electron chi connectivity index (χ4n) is 2.71. The number of hydrogen-bond donors (Lipinski definition) is 1. The molecule has 1 aliphatic heterocycles. The van der Waals surface area contributed by atoms with E-state index in [1.165, 1.54) is 0 Å². The number of aryl methyl sites for hydroxylation is 1. The summed E-state index contributed by atoms with van der Waals surface area (Å²) in [6.07, 6.45) is 2.92. The Morgan fingerprint density at radius 1 is 1.22 bits per heavy atom. The summed E-state index contributed by atoms with van der Waals surface area (Å²) in [6.45, 7) is 4.95. The quantitative estimate of drug-likeness (QED) is 0.865. The van der Waals surface area contributed by atoms with Crippen molar-refractivity contribution < 1.29 is 13.2 Å². The summed E-state index contributed by atoms with van der Waals surface area (Å²) in [5.74, 6) is 0.140. The molecule has 1 N–H and O–H groups in total. The highest BCUT2D eigenvalue weighted by atomic mass is 32.2. The molecular weight excluding hydrogens is 312 g/mol. The van der Waals surface area contributed by atoms with Gasteiger partial charge < -0.3 is 5.32 Å². The summed E-state index contributed by atoms with van der Waals surface area (Å²) in [5.41, 5.74) is 1.76. The van der Waals surface area contributed by atoms with E-state index in [9.17, 15) is 13.2 Å². The average molecular weight is 338 g/mol. The highest BCUT2D eigenvalue weighted by Crippen LogP contribution is 2.16. The van der Waals surface area contributed by atoms with Crippen LogP contribution in [-0.2, 0) is 10.0 Å². The van der Waals surface area contributed by atoms with Crippen molar-refractivity contribution in [3.63, 3.8) is 0 Å². The van der Waals surface area contributed by atoms with E-state index in [0.717, 1.165) is 12.0 Å². The molecule has 1 amide bonds. The van der Waals surface area contributed by atoms with Crippen LogP contribution in [0.2, 0.25) is 0 Å². The van der Waals surface area contributed by atoms with Crippen LogP contribution >= 0.6 is 0 Å². The number of nitrogens with one attached hydrogen (secondary N) is 1. The van der Waals surface area contributed by atoms with Gasteiger partial charge in [-0.15, -0.1) is 0 Å². The highest BCUT2D eigenvalue weighted by Gasteiger charge is 2.28. The van der Waals surface area contributed by atoms with Gasteiger partial charge in [0.25, 0.3) is 5.91 Å². The number of carbonyl (C=O) groups excluding carboxylic acids is 1. The lowest BCUT2D eigenvalue weighted by Crippen LogP contribution is -2.47. The summed E-state index contributed by atoms with van der Waals surface area (Å²) in [6, 6.07) is 7.50. The lowest BCUT2D eigenvalue weighted by Gasteiger charge is -2.31. The van der Waals surface area contributed by atoms with E-state index in [1.54, 1.807) is 4.31 Å². The minimum Gasteiger partial charge on any atom is -0.349 e. The third-order valence-corrected chi connectivity index (χ3v) is 6.21. The molecule has 1 fully saturated rings. The predicted octanol–water partition coefficient (Wildman–Crippen LogP) is 2.32.